The molecule has 3 heterocycles. The highest BCUT2D eigenvalue weighted by atomic mass is 16.2. The van der Waals surface area contributed by atoms with Crippen molar-refractivity contribution < 1.29 is 4.79 Å². The fourth-order valence-electron chi connectivity index (χ4n) is 4.14. The van der Waals surface area contributed by atoms with Crippen LogP contribution >= 0.6 is 0 Å². The number of rotatable bonds is 4. The molecule has 0 unspecified atom stereocenters. The maximum atomic E-state index is 12.9. The summed E-state index contributed by atoms with van der Waals surface area (Å²) in [5, 5.41) is 4.31. The van der Waals surface area contributed by atoms with Crippen LogP contribution in [0, 0.1) is 12.8 Å². The molecule has 134 valence electrons. The first-order chi connectivity index (χ1) is 12.1. The normalized spacial score (nSPS) is 21.4. The molecule has 25 heavy (non-hydrogen) atoms. The molecule has 2 aromatic heterocycles. The van der Waals surface area contributed by atoms with Crippen LogP contribution in [0.2, 0.25) is 0 Å². The lowest BCUT2D eigenvalue weighted by molar-refractivity contribution is 0.0701. The first kappa shape index (κ1) is 16.4. The van der Waals surface area contributed by atoms with E-state index in [1.165, 1.54) is 19.3 Å². The van der Waals surface area contributed by atoms with Crippen molar-refractivity contribution >= 4 is 5.91 Å². The van der Waals surface area contributed by atoms with Gasteiger partial charge >= 0.3 is 0 Å². The molecule has 0 N–H and O–H groups in total. The van der Waals surface area contributed by atoms with Crippen LogP contribution < -0.4 is 0 Å². The fraction of sp³-hybridized carbons (Fsp3) is 0.632. The molecule has 1 atom stereocenters. The van der Waals surface area contributed by atoms with E-state index in [0.29, 0.717) is 5.92 Å². The van der Waals surface area contributed by atoms with Crippen molar-refractivity contribution in [3.8, 4) is 0 Å². The van der Waals surface area contributed by atoms with Gasteiger partial charge in [0.15, 0.2) is 0 Å². The summed E-state index contributed by atoms with van der Waals surface area (Å²) in [5.41, 5.74) is 1.53. The summed E-state index contributed by atoms with van der Waals surface area (Å²) in [4.78, 5) is 19.5. The molecule has 1 aliphatic carbocycles. The first-order valence-corrected chi connectivity index (χ1v) is 9.42. The Morgan fingerprint density at radius 3 is 2.80 bits per heavy atom. The molecule has 2 aliphatic rings. The van der Waals surface area contributed by atoms with E-state index in [9.17, 15) is 4.79 Å². The van der Waals surface area contributed by atoms with E-state index in [1.54, 1.807) is 4.68 Å². The van der Waals surface area contributed by atoms with Crippen LogP contribution in [0.4, 0.5) is 0 Å². The Morgan fingerprint density at radius 1 is 1.28 bits per heavy atom. The largest absolute Gasteiger partial charge is 0.338 e. The Balaban J connectivity index is 1.48. The maximum Gasteiger partial charge on any atom is 0.257 e. The minimum atomic E-state index is 0.104. The molecule has 0 bridgehead atoms. The number of piperidine rings is 1. The van der Waals surface area contributed by atoms with Crippen LogP contribution in [0.25, 0.3) is 0 Å². The molecule has 1 saturated carbocycles. The highest BCUT2D eigenvalue weighted by molar-refractivity contribution is 5.95. The third-order valence-corrected chi connectivity index (χ3v) is 5.74. The monoisotopic (exact) mass is 341 g/mol. The third kappa shape index (κ3) is 3.22. The number of hydrogen-bond acceptors (Lipinski definition) is 3. The topological polar surface area (TPSA) is 56.0 Å². The number of imidazole rings is 1. The van der Waals surface area contributed by atoms with Gasteiger partial charge in [0.1, 0.15) is 5.82 Å². The SMILES string of the molecule is Cc1nn(C)cc1C(=O)N1CCC[C@@H](c2nccn2CC2CCC2)C1. The molecule has 1 amide bonds. The number of nitrogens with zero attached hydrogens (tertiary/aromatic N) is 5. The number of carbonyl (C=O) groups excluding carboxylic acids is 1. The highest BCUT2D eigenvalue weighted by Gasteiger charge is 2.30. The molecular formula is C19H27N5O. The molecule has 1 aliphatic heterocycles. The quantitative estimate of drug-likeness (QED) is 0.859. The number of aromatic nitrogens is 4. The first-order valence-electron chi connectivity index (χ1n) is 9.42. The molecule has 6 heteroatoms. The molecular weight excluding hydrogens is 314 g/mol. The van der Waals surface area contributed by atoms with Crippen molar-refractivity contribution in [2.75, 3.05) is 13.1 Å². The number of hydrogen-bond donors (Lipinski definition) is 0. The lowest BCUT2D eigenvalue weighted by Gasteiger charge is -2.33. The highest BCUT2D eigenvalue weighted by Crippen LogP contribution is 2.31. The van der Waals surface area contributed by atoms with Gasteiger partial charge in [-0.05, 0) is 38.5 Å². The van der Waals surface area contributed by atoms with Gasteiger partial charge in [-0.1, -0.05) is 6.42 Å². The zero-order valence-electron chi connectivity index (χ0n) is 15.2. The number of amides is 1. The summed E-state index contributed by atoms with van der Waals surface area (Å²) < 4.78 is 4.05. The van der Waals surface area contributed by atoms with Crippen molar-refractivity contribution in [3.63, 3.8) is 0 Å². The maximum absolute atomic E-state index is 12.9. The van der Waals surface area contributed by atoms with Crippen molar-refractivity contribution in [1.29, 1.82) is 0 Å². The third-order valence-electron chi connectivity index (χ3n) is 5.74. The molecule has 0 spiro atoms. The number of aryl methyl sites for hydroxylation is 2. The van der Waals surface area contributed by atoms with Crippen LogP contribution in [0.5, 0.6) is 0 Å². The van der Waals surface area contributed by atoms with Gasteiger partial charge in [-0.3, -0.25) is 9.48 Å². The lowest BCUT2D eigenvalue weighted by Crippen LogP contribution is -2.40. The Labute approximate surface area is 148 Å². The Morgan fingerprint density at radius 2 is 2.12 bits per heavy atom. The summed E-state index contributed by atoms with van der Waals surface area (Å²) in [5.74, 6) is 2.41. The Kier molecular flexibility index (Phi) is 4.36. The standard InChI is InChI=1S/C19H27N5O/c1-14-17(13-22(2)21-14)19(25)24-9-4-7-16(12-24)18-20-8-10-23(18)11-15-5-3-6-15/h8,10,13,15-16H,3-7,9,11-12H2,1-2H3/t16-/m1/s1. The van der Waals surface area contributed by atoms with Crippen LogP contribution in [0.15, 0.2) is 18.6 Å². The summed E-state index contributed by atoms with van der Waals surface area (Å²) in [6, 6.07) is 0. The van der Waals surface area contributed by atoms with Gasteiger partial charge in [-0.2, -0.15) is 5.10 Å². The van der Waals surface area contributed by atoms with Gasteiger partial charge in [-0.15, -0.1) is 0 Å². The fourth-order valence-corrected chi connectivity index (χ4v) is 4.14. The predicted octanol–water partition coefficient (Wildman–Crippen LogP) is 2.74. The van der Waals surface area contributed by atoms with E-state index in [4.69, 9.17) is 0 Å². The molecule has 0 radical (unpaired) electrons. The minimum Gasteiger partial charge on any atom is -0.338 e. The molecule has 4 rings (SSSR count). The molecule has 1 saturated heterocycles. The van der Waals surface area contributed by atoms with E-state index >= 15 is 0 Å². The predicted molar refractivity (Wildman–Crippen MR) is 95.4 cm³/mol. The lowest BCUT2D eigenvalue weighted by atomic mass is 9.85. The smallest absolute Gasteiger partial charge is 0.257 e. The van der Waals surface area contributed by atoms with Gasteiger partial charge in [0.25, 0.3) is 5.91 Å². The molecule has 2 fully saturated rings. The summed E-state index contributed by atoms with van der Waals surface area (Å²) in [6.45, 7) is 4.57. The van der Waals surface area contributed by atoms with Crippen LogP contribution in [-0.2, 0) is 13.6 Å². The second kappa shape index (κ2) is 6.65. The second-order valence-corrected chi connectivity index (χ2v) is 7.63. The Hall–Kier alpha value is -2.11. The van der Waals surface area contributed by atoms with Crippen LogP contribution in [-0.4, -0.2) is 43.2 Å². The zero-order valence-corrected chi connectivity index (χ0v) is 15.2. The summed E-state index contributed by atoms with van der Waals surface area (Å²) >= 11 is 0. The second-order valence-electron chi connectivity index (χ2n) is 7.63. The van der Waals surface area contributed by atoms with Crippen molar-refractivity contribution in [2.24, 2.45) is 13.0 Å². The van der Waals surface area contributed by atoms with E-state index in [0.717, 1.165) is 55.5 Å². The van der Waals surface area contributed by atoms with Crippen molar-refractivity contribution in [2.45, 2.75) is 51.5 Å². The van der Waals surface area contributed by atoms with Crippen LogP contribution in [0.1, 0.15) is 59.9 Å². The molecule has 0 aromatic carbocycles. The molecule has 2 aromatic rings. The van der Waals surface area contributed by atoms with Gasteiger partial charge < -0.3 is 9.47 Å². The average Bonchev–Trinajstić information content (AvgIpc) is 3.16. The van der Waals surface area contributed by atoms with E-state index in [-0.39, 0.29) is 5.91 Å². The minimum absolute atomic E-state index is 0.104. The van der Waals surface area contributed by atoms with Crippen LogP contribution in [0.3, 0.4) is 0 Å². The number of likely N-dealkylation sites (tertiary alicyclic amines) is 1. The van der Waals surface area contributed by atoms with E-state index in [2.05, 4.69) is 20.8 Å². The van der Waals surface area contributed by atoms with Gasteiger partial charge in [0.2, 0.25) is 0 Å². The summed E-state index contributed by atoms with van der Waals surface area (Å²) in [7, 11) is 1.86. The van der Waals surface area contributed by atoms with Crippen molar-refractivity contribution in [1.82, 2.24) is 24.2 Å². The van der Waals surface area contributed by atoms with Gasteiger partial charge in [-0.25, -0.2) is 4.98 Å². The molecule has 6 nitrogen and oxygen atoms in total. The Bertz CT molecular complexity index is 758. The van der Waals surface area contributed by atoms with Crippen molar-refractivity contribution in [3.05, 3.63) is 35.7 Å². The van der Waals surface area contributed by atoms with E-state index < -0.39 is 0 Å². The number of carbonyl (C=O) groups is 1. The summed E-state index contributed by atoms with van der Waals surface area (Å²) in [6.07, 6.45) is 12.0. The zero-order chi connectivity index (χ0) is 17.4. The average molecular weight is 341 g/mol. The van der Waals surface area contributed by atoms with Gasteiger partial charge in [0, 0.05) is 51.2 Å². The van der Waals surface area contributed by atoms with E-state index in [1.807, 2.05) is 31.3 Å². The van der Waals surface area contributed by atoms with Gasteiger partial charge in [0.05, 0.1) is 11.3 Å².